The number of hydrogen-bond acceptors (Lipinski definition) is 5. The molecule has 0 aliphatic heterocycles. The van der Waals surface area contributed by atoms with Crippen molar-refractivity contribution in [1.82, 2.24) is 14.6 Å². The maximum Gasteiger partial charge on any atom is 0.298 e. The highest BCUT2D eigenvalue weighted by atomic mass is 16.5. The lowest BCUT2D eigenvalue weighted by atomic mass is 10.2. The second-order valence-corrected chi connectivity index (χ2v) is 6.07. The number of ether oxygens (including phenoxy) is 2. The Morgan fingerprint density at radius 1 is 1.21 bits per heavy atom. The number of methoxy groups -OCH3 is 1. The quantitative estimate of drug-likeness (QED) is 0.415. The molecule has 2 aromatic carbocycles. The van der Waals surface area contributed by atoms with Gasteiger partial charge in [0, 0.05) is 11.5 Å². The molecule has 2 heterocycles. The van der Waals surface area contributed by atoms with Crippen molar-refractivity contribution in [2.75, 3.05) is 13.7 Å². The number of benzene rings is 2. The lowest BCUT2D eigenvalue weighted by Crippen LogP contribution is -2.17. The first-order valence-corrected chi connectivity index (χ1v) is 8.65. The second-order valence-electron chi connectivity index (χ2n) is 6.07. The summed E-state index contributed by atoms with van der Waals surface area (Å²) >= 11 is 0. The summed E-state index contributed by atoms with van der Waals surface area (Å²) in [6, 6.07) is 12.9. The van der Waals surface area contributed by atoms with Gasteiger partial charge >= 0.3 is 0 Å². The number of rotatable bonds is 6. The topological polar surface area (TPSA) is 81.5 Å². The van der Waals surface area contributed by atoms with Crippen LogP contribution in [0.5, 0.6) is 11.5 Å². The summed E-state index contributed by atoms with van der Waals surface area (Å²) in [5.74, 6) is 1.45. The van der Waals surface area contributed by atoms with E-state index in [9.17, 15) is 4.79 Å². The number of aromatic nitrogens is 3. The van der Waals surface area contributed by atoms with Crippen LogP contribution in [0.1, 0.15) is 5.56 Å². The van der Waals surface area contributed by atoms with E-state index in [1.165, 1.54) is 11.0 Å². The van der Waals surface area contributed by atoms with Crippen LogP contribution in [0, 0.1) is 0 Å². The molecular formula is C21H18N4O3. The molecule has 1 N–H and O–H groups in total. The Morgan fingerprint density at radius 3 is 2.75 bits per heavy atom. The summed E-state index contributed by atoms with van der Waals surface area (Å²) in [5.41, 5.74) is 2.35. The third kappa shape index (κ3) is 3.25. The van der Waals surface area contributed by atoms with Crippen molar-refractivity contribution in [3.63, 3.8) is 0 Å². The molecule has 0 aliphatic rings. The molecule has 140 valence electrons. The highest BCUT2D eigenvalue weighted by molar-refractivity contribution is 6.04. The van der Waals surface area contributed by atoms with Crippen molar-refractivity contribution in [2.24, 2.45) is 5.10 Å². The summed E-state index contributed by atoms with van der Waals surface area (Å²) in [4.78, 5) is 20.3. The van der Waals surface area contributed by atoms with Gasteiger partial charge in [0.2, 0.25) is 0 Å². The molecular weight excluding hydrogens is 356 g/mol. The number of H-pyrrole nitrogens is 1. The first kappa shape index (κ1) is 17.5. The first-order valence-electron chi connectivity index (χ1n) is 8.65. The zero-order valence-electron chi connectivity index (χ0n) is 15.3. The van der Waals surface area contributed by atoms with Gasteiger partial charge < -0.3 is 14.5 Å². The van der Waals surface area contributed by atoms with Gasteiger partial charge in [0.1, 0.15) is 35.5 Å². The van der Waals surface area contributed by atoms with Crippen LogP contribution < -0.4 is 15.0 Å². The van der Waals surface area contributed by atoms with Crippen LogP contribution in [-0.4, -0.2) is 34.6 Å². The SMILES string of the molecule is C=CCOc1ccc(/C=N/n2cnc3c([nH]c4cc(OC)ccc43)c2=O)cc1. The monoisotopic (exact) mass is 374 g/mol. The van der Waals surface area contributed by atoms with Crippen LogP contribution in [0.15, 0.2) is 71.3 Å². The molecule has 4 rings (SSSR count). The predicted molar refractivity (Wildman–Crippen MR) is 110 cm³/mol. The third-order valence-electron chi connectivity index (χ3n) is 4.28. The smallest absolute Gasteiger partial charge is 0.298 e. The molecule has 0 saturated carbocycles. The minimum absolute atomic E-state index is 0.276. The van der Waals surface area contributed by atoms with Gasteiger partial charge in [-0.1, -0.05) is 12.7 Å². The average molecular weight is 374 g/mol. The molecule has 0 fully saturated rings. The van der Waals surface area contributed by atoms with Crippen LogP contribution in [-0.2, 0) is 0 Å². The molecule has 2 aromatic heterocycles. The van der Waals surface area contributed by atoms with E-state index in [0.717, 1.165) is 22.2 Å². The molecule has 0 radical (unpaired) electrons. The molecule has 0 spiro atoms. The Labute approximate surface area is 160 Å². The minimum atomic E-state index is -0.276. The molecule has 0 amide bonds. The Kier molecular flexibility index (Phi) is 4.63. The van der Waals surface area contributed by atoms with Crippen LogP contribution in [0.4, 0.5) is 0 Å². The van der Waals surface area contributed by atoms with Crippen molar-refractivity contribution >= 4 is 28.2 Å². The maximum atomic E-state index is 12.8. The zero-order chi connectivity index (χ0) is 19.5. The molecule has 7 nitrogen and oxygen atoms in total. The van der Waals surface area contributed by atoms with Gasteiger partial charge in [-0.2, -0.15) is 9.78 Å². The van der Waals surface area contributed by atoms with E-state index in [0.29, 0.717) is 23.4 Å². The molecule has 0 aliphatic carbocycles. The van der Waals surface area contributed by atoms with Crippen molar-refractivity contribution in [3.05, 3.63) is 77.4 Å². The minimum Gasteiger partial charge on any atom is -0.497 e. The van der Waals surface area contributed by atoms with Crippen molar-refractivity contribution in [2.45, 2.75) is 0 Å². The molecule has 7 heteroatoms. The van der Waals surface area contributed by atoms with Crippen LogP contribution >= 0.6 is 0 Å². The Morgan fingerprint density at radius 2 is 2.00 bits per heavy atom. The summed E-state index contributed by atoms with van der Waals surface area (Å²) in [7, 11) is 1.60. The summed E-state index contributed by atoms with van der Waals surface area (Å²) in [6.07, 6.45) is 4.70. The molecule has 0 bridgehead atoms. The summed E-state index contributed by atoms with van der Waals surface area (Å²) < 4.78 is 11.9. The highest BCUT2D eigenvalue weighted by Crippen LogP contribution is 2.25. The van der Waals surface area contributed by atoms with E-state index in [1.54, 1.807) is 19.4 Å². The zero-order valence-corrected chi connectivity index (χ0v) is 15.3. The number of hydrogen-bond donors (Lipinski definition) is 1. The van der Waals surface area contributed by atoms with Crippen LogP contribution in [0.3, 0.4) is 0 Å². The van der Waals surface area contributed by atoms with Gasteiger partial charge in [-0.3, -0.25) is 4.79 Å². The standard InChI is InChI=1S/C21H18N4O3/c1-3-10-28-15-6-4-14(5-7-15)12-23-25-13-22-19-17-9-8-16(27-2)11-18(17)24-20(19)21(25)26/h3-9,11-13,24H,1,10H2,2H3/b23-12+. The average Bonchev–Trinajstić information content (AvgIpc) is 3.11. The molecule has 4 aromatic rings. The van der Waals surface area contributed by atoms with Gasteiger partial charge in [-0.15, -0.1) is 0 Å². The molecule has 28 heavy (non-hydrogen) atoms. The fourth-order valence-corrected chi connectivity index (χ4v) is 2.87. The molecule has 0 saturated heterocycles. The second kappa shape index (κ2) is 7.40. The van der Waals surface area contributed by atoms with Gasteiger partial charge in [-0.05, 0) is 42.0 Å². The van der Waals surface area contributed by atoms with E-state index < -0.39 is 0 Å². The van der Waals surface area contributed by atoms with Crippen molar-refractivity contribution in [1.29, 1.82) is 0 Å². The van der Waals surface area contributed by atoms with E-state index in [4.69, 9.17) is 9.47 Å². The third-order valence-corrected chi connectivity index (χ3v) is 4.28. The number of nitrogens with one attached hydrogen (secondary N) is 1. The number of nitrogens with zero attached hydrogens (tertiary/aromatic N) is 3. The largest absolute Gasteiger partial charge is 0.497 e. The molecule has 0 unspecified atom stereocenters. The Bertz CT molecular complexity index is 1240. The normalized spacial score (nSPS) is 11.3. The van der Waals surface area contributed by atoms with Crippen LogP contribution in [0.25, 0.3) is 21.9 Å². The molecule has 0 atom stereocenters. The van der Waals surface area contributed by atoms with Crippen molar-refractivity contribution < 1.29 is 9.47 Å². The summed E-state index contributed by atoms with van der Waals surface area (Å²) in [6.45, 7) is 4.06. The lowest BCUT2D eigenvalue weighted by Gasteiger charge is -2.02. The first-order chi connectivity index (χ1) is 13.7. The maximum absolute atomic E-state index is 12.8. The Hall–Kier alpha value is -3.87. The number of fused-ring (bicyclic) bond motifs is 3. The lowest BCUT2D eigenvalue weighted by molar-refractivity contribution is 0.363. The predicted octanol–water partition coefficient (Wildman–Crippen LogP) is 3.33. The van der Waals surface area contributed by atoms with Gasteiger partial charge in [-0.25, -0.2) is 4.98 Å². The van der Waals surface area contributed by atoms with E-state index in [2.05, 4.69) is 21.6 Å². The van der Waals surface area contributed by atoms with E-state index in [-0.39, 0.29) is 5.56 Å². The number of aromatic amines is 1. The van der Waals surface area contributed by atoms with Gasteiger partial charge in [0.05, 0.1) is 18.8 Å². The summed E-state index contributed by atoms with van der Waals surface area (Å²) in [5, 5.41) is 5.10. The van der Waals surface area contributed by atoms with E-state index >= 15 is 0 Å². The van der Waals surface area contributed by atoms with Gasteiger partial charge in [0.15, 0.2) is 0 Å². The fraction of sp³-hybridized carbons (Fsp3) is 0.0952. The van der Waals surface area contributed by atoms with Crippen LogP contribution in [0.2, 0.25) is 0 Å². The fourth-order valence-electron chi connectivity index (χ4n) is 2.87. The van der Waals surface area contributed by atoms with E-state index in [1.807, 2.05) is 42.5 Å². The highest BCUT2D eigenvalue weighted by Gasteiger charge is 2.11. The van der Waals surface area contributed by atoms with Gasteiger partial charge in [0.25, 0.3) is 5.56 Å². The Balaban J connectivity index is 1.66. The van der Waals surface area contributed by atoms with Crippen molar-refractivity contribution in [3.8, 4) is 11.5 Å².